The van der Waals surface area contributed by atoms with Gasteiger partial charge < -0.3 is 15.5 Å². The Morgan fingerprint density at radius 3 is 2.78 bits per heavy atom. The number of hydrogen-bond acceptors (Lipinski definition) is 2. The maximum atomic E-state index is 12.2. The molecule has 0 saturated carbocycles. The largest absolute Gasteiger partial charge is 0.342 e. The molecule has 0 bridgehead atoms. The van der Waals surface area contributed by atoms with Crippen LogP contribution in [-0.2, 0) is 11.2 Å². The number of carbonyl (C=O) groups excluding carboxylic acids is 2. The van der Waals surface area contributed by atoms with Crippen LogP contribution < -0.4 is 10.6 Å². The first-order valence-electron chi connectivity index (χ1n) is 9.14. The summed E-state index contributed by atoms with van der Waals surface area (Å²) in [4.78, 5) is 26.2. The summed E-state index contributed by atoms with van der Waals surface area (Å²) < 4.78 is 0. The molecule has 142 valence electrons. The van der Waals surface area contributed by atoms with E-state index in [4.69, 9.17) is 11.6 Å². The van der Waals surface area contributed by atoms with Gasteiger partial charge in [0.05, 0.1) is 0 Å². The third-order valence-electron chi connectivity index (χ3n) is 4.81. The fraction of sp³-hybridized carbons (Fsp3) is 0.333. The Bertz CT molecular complexity index is 810. The average molecular weight is 386 g/mol. The summed E-state index contributed by atoms with van der Waals surface area (Å²) in [6.07, 6.45) is 1.33. The third-order valence-corrected chi connectivity index (χ3v) is 5.04. The van der Waals surface area contributed by atoms with Gasteiger partial charge in [-0.15, -0.1) is 0 Å². The van der Waals surface area contributed by atoms with Gasteiger partial charge in [-0.05, 0) is 36.6 Å². The predicted octanol–water partition coefficient (Wildman–Crippen LogP) is 3.86. The molecule has 3 amide bonds. The van der Waals surface area contributed by atoms with E-state index in [9.17, 15) is 9.59 Å². The molecule has 1 heterocycles. The lowest BCUT2D eigenvalue weighted by Gasteiger charge is -2.17. The van der Waals surface area contributed by atoms with Crippen LogP contribution >= 0.6 is 11.6 Å². The molecule has 1 atom stereocenters. The van der Waals surface area contributed by atoms with Gasteiger partial charge in [-0.2, -0.15) is 0 Å². The van der Waals surface area contributed by atoms with Crippen LogP contribution in [0.1, 0.15) is 17.5 Å². The Labute approximate surface area is 164 Å². The summed E-state index contributed by atoms with van der Waals surface area (Å²) in [5, 5.41) is 6.25. The van der Waals surface area contributed by atoms with Crippen molar-refractivity contribution in [3.63, 3.8) is 0 Å². The topological polar surface area (TPSA) is 61.4 Å². The van der Waals surface area contributed by atoms with Gasteiger partial charge >= 0.3 is 6.03 Å². The fourth-order valence-electron chi connectivity index (χ4n) is 3.25. The Morgan fingerprint density at radius 2 is 2.00 bits per heavy atom. The number of halogens is 1. The highest BCUT2D eigenvalue weighted by Crippen LogP contribution is 2.20. The molecule has 1 fully saturated rings. The average Bonchev–Trinajstić information content (AvgIpc) is 3.02. The Balaban J connectivity index is 1.44. The molecule has 0 aromatic heterocycles. The van der Waals surface area contributed by atoms with Crippen molar-refractivity contribution in [2.24, 2.45) is 5.92 Å². The Kier molecular flexibility index (Phi) is 6.35. The minimum atomic E-state index is -0.282. The van der Waals surface area contributed by atoms with E-state index in [1.165, 1.54) is 5.56 Å². The second kappa shape index (κ2) is 8.91. The second-order valence-corrected chi connectivity index (χ2v) is 7.38. The lowest BCUT2D eigenvalue weighted by Crippen LogP contribution is -2.34. The summed E-state index contributed by atoms with van der Waals surface area (Å²) in [6.45, 7) is 3.78. The lowest BCUT2D eigenvalue weighted by molar-refractivity contribution is -0.127. The summed E-state index contributed by atoms with van der Waals surface area (Å²) in [5.74, 6) is 0.295. The number of benzene rings is 2. The van der Waals surface area contributed by atoms with Crippen LogP contribution in [0.2, 0.25) is 5.02 Å². The lowest BCUT2D eigenvalue weighted by atomic mass is 10.1. The fourth-order valence-corrected chi connectivity index (χ4v) is 3.42. The van der Waals surface area contributed by atoms with Crippen LogP contribution in [0.15, 0.2) is 48.5 Å². The van der Waals surface area contributed by atoms with Gasteiger partial charge in [0, 0.05) is 42.7 Å². The second-order valence-electron chi connectivity index (χ2n) is 6.94. The zero-order valence-corrected chi connectivity index (χ0v) is 16.1. The maximum Gasteiger partial charge on any atom is 0.319 e. The Hall–Kier alpha value is -2.53. The van der Waals surface area contributed by atoms with Gasteiger partial charge in [-0.25, -0.2) is 4.79 Å². The van der Waals surface area contributed by atoms with Crippen LogP contribution in [0.3, 0.4) is 0 Å². The monoisotopic (exact) mass is 385 g/mol. The van der Waals surface area contributed by atoms with Crippen LogP contribution in [0.4, 0.5) is 10.5 Å². The molecule has 1 unspecified atom stereocenters. The molecule has 2 N–H and O–H groups in total. The molecular formula is C21H24ClN3O2. The molecule has 0 aliphatic carbocycles. The first-order chi connectivity index (χ1) is 13.0. The van der Waals surface area contributed by atoms with Gasteiger partial charge in [-0.1, -0.05) is 48.0 Å². The van der Waals surface area contributed by atoms with Crippen LogP contribution in [-0.4, -0.2) is 36.5 Å². The van der Waals surface area contributed by atoms with Crippen molar-refractivity contribution in [3.8, 4) is 0 Å². The first kappa shape index (κ1) is 19.2. The molecule has 6 heteroatoms. The standard InChI is InChI=1S/C21H24ClN3O2/c1-15-7-8-18(22)12-19(15)24-21(27)23-13-17-11-20(26)25(14-17)10-9-16-5-3-2-4-6-16/h2-8,12,17H,9-11,13-14H2,1H3,(H2,23,24,27). The van der Waals surface area contributed by atoms with Crippen molar-refractivity contribution in [3.05, 3.63) is 64.7 Å². The normalized spacial score (nSPS) is 16.4. The highest BCUT2D eigenvalue weighted by Gasteiger charge is 2.29. The van der Waals surface area contributed by atoms with Crippen molar-refractivity contribution in [2.45, 2.75) is 19.8 Å². The van der Waals surface area contributed by atoms with Gasteiger partial charge in [0.15, 0.2) is 0 Å². The highest BCUT2D eigenvalue weighted by atomic mass is 35.5. The van der Waals surface area contributed by atoms with Crippen LogP contribution in [0.25, 0.3) is 0 Å². The Morgan fingerprint density at radius 1 is 1.22 bits per heavy atom. The van der Waals surface area contributed by atoms with E-state index in [1.807, 2.05) is 36.1 Å². The van der Waals surface area contributed by atoms with Crippen molar-refractivity contribution in [1.82, 2.24) is 10.2 Å². The summed E-state index contributed by atoms with van der Waals surface area (Å²) in [7, 11) is 0. The van der Waals surface area contributed by atoms with E-state index in [1.54, 1.807) is 12.1 Å². The zero-order chi connectivity index (χ0) is 19.2. The van der Waals surface area contributed by atoms with E-state index in [0.717, 1.165) is 12.0 Å². The van der Waals surface area contributed by atoms with Crippen LogP contribution in [0.5, 0.6) is 0 Å². The summed E-state index contributed by atoms with van der Waals surface area (Å²) in [5.41, 5.74) is 2.85. The van der Waals surface area contributed by atoms with E-state index in [-0.39, 0.29) is 17.9 Å². The van der Waals surface area contributed by atoms with E-state index < -0.39 is 0 Å². The van der Waals surface area contributed by atoms with Crippen molar-refractivity contribution in [2.75, 3.05) is 25.0 Å². The number of carbonyl (C=O) groups is 2. The molecular weight excluding hydrogens is 362 g/mol. The molecule has 3 rings (SSSR count). The third kappa shape index (κ3) is 5.47. The molecule has 1 aliphatic rings. The number of nitrogens with zero attached hydrogens (tertiary/aromatic N) is 1. The molecule has 0 radical (unpaired) electrons. The molecule has 1 saturated heterocycles. The summed E-state index contributed by atoms with van der Waals surface area (Å²) >= 11 is 5.97. The number of aryl methyl sites for hydroxylation is 1. The van der Waals surface area contributed by atoms with Crippen molar-refractivity contribution in [1.29, 1.82) is 0 Å². The molecule has 27 heavy (non-hydrogen) atoms. The van der Waals surface area contributed by atoms with E-state index >= 15 is 0 Å². The maximum absolute atomic E-state index is 12.2. The van der Waals surface area contributed by atoms with Crippen molar-refractivity contribution < 1.29 is 9.59 Å². The predicted molar refractivity (Wildman–Crippen MR) is 108 cm³/mol. The number of rotatable bonds is 6. The molecule has 5 nitrogen and oxygen atoms in total. The number of urea groups is 1. The van der Waals surface area contributed by atoms with Gasteiger partial charge in [-0.3, -0.25) is 4.79 Å². The minimum absolute atomic E-state index is 0.138. The number of hydrogen-bond donors (Lipinski definition) is 2. The quantitative estimate of drug-likeness (QED) is 0.793. The summed E-state index contributed by atoms with van der Waals surface area (Å²) in [6, 6.07) is 15.2. The molecule has 2 aromatic carbocycles. The molecule has 2 aromatic rings. The van der Waals surface area contributed by atoms with E-state index in [2.05, 4.69) is 22.8 Å². The number of amides is 3. The van der Waals surface area contributed by atoms with E-state index in [0.29, 0.717) is 36.8 Å². The van der Waals surface area contributed by atoms with Gasteiger partial charge in [0.25, 0.3) is 0 Å². The SMILES string of the molecule is Cc1ccc(Cl)cc1NC(=O)NCC1CC(=O)N(CCc2ccccc2)C1. The van der Waals surface area contributed by atoms with Crippen LogP contribution in [0, 0.1) is 12.8 Å². The first-order valence-corrected chi connectivity index (χ1v) is 9.52. The molecule has 1 aliphatic heterocycles. The van der Waals surface area contributed by atoms with Crippen molar-refractivity contribution >= 4 is 29.2 Å². The van der Waals surface area contributed by atoms with Gasteiger partial charge in [0.2, 0.25) is 5.91 Å². The molecule has 0 spiro atoms. The van der Waals surface area contributed by atoms with Gasteiger partial charge in [0.1, 0.15) is 0 Å². The number of nitrogens with one attached hydrogen (secondary N) is 2. The highest BCUT2D eigenvalue weighted by molar-refractivity contribution is 6.31. The smallest absolute Gasteiger partial charge is 0.319 e. The number of anilines is 1. The minimum Gasteiger partial charge on any atom is -0.342 e. The zero-order valence-electron chi connectivity index (χ0n) is 15.4. The number of likely N-dealkylation sites (tertiary alicyclic amines) is 1.